The largest absolute Gasteiger partial charge is 0.484 e. The topological polar surface area (TPSA) is 48.2 Å². The zero-order valence-electron chi connectivity index (χ0n) is 10.9. The number of ether oxygens (including phenoxy) is 1. The molecule has 0 spiro atoms. The lowest BCUT2D eigenvalue weighted by Gasteiger charge is -2.02. The van der Waals surface area contributed by atoms with Crippen LogP contribution in [-0.2, 0) is 6.61 Å². The van der Waals surface area contributed by atoms with E-state index in [1.54, 1.807) is 0 Å². The summed E-state index contributed by atoms with van der Waals surface area (Å²) in [4.78, 5) is 8.61. The van der Waals surface area contributed by atoms with Crippen LogP contribution in [0.1, 0.15) is 17.1 Å². The molecule has 0 radical (unpaired) electrons. The van der Waals surface area contributed by atoms with Crippen LogP contribution in [0.2, 0.25) is 0 Å². The molecule has 1 aromatic carbocycles. The van der Waals surface area contributed by atoms with Crippen LogP contribution in [0.25, 0.3) is 11.2 Å². The number of aromatic nitrogens is 2. The predicted octanol–water partition coefficient (Wildman–Crippen LogP) is 3.42. The number of aryl methyl sites for hydroxylation is 2. The fraction of sp³-hybridized carbons (Fsp3) is 0.200. The highest BCUT2D eigenvalue weighted by Crippen LogP contribution is 2.17. The van der Waals surface area contributed by atoms with E-state index in [1.807, 2.05) is 50.2 Å². The van der Waals surface area contributed by atoms with Gasteiger partial charge < -0.3 is 9.15 Å². The highest BCUT2D eigenvalue weighted by Gasteiger charge is 2.07. The second kappa shape index (κ2) is 4.72. The molecule has 96 valence electrons. The van der Waals surface area contributed by atoms with Crippen molar-refractivity contribution in [2.24, 2.45) is 0 Å². The van der Waals surface area contributed by atoms with Gasteiger partial charge in [0.05, 0.1) is 0 Å². The average Bonchev–Trinajstić information content (AvgIpc) is 2.80. The summed E-state index contributed by atoms with van der Waals surface area (Å²) in [7, 11) is 0. The molecule has 0 bridgehead atoms. The van der Waals surface area contributed by atoms with Crippen molar-refractivity contribution in [2.75, 3.05) is 0 Å². The molecule has 4 nitrogen and oxygen atoms in total. The van der Waals surface area contributed by atoms with Crippen molar-refractivity contribution in [1.29, 1.82) is 0 Å². The van der Waals surface area contributed by atoms with E-state index < -0.39 is 0 Å². The predicted molar refractivity (Wildman–Crippen MR) is 72.1 cm³/mol. The maximum Gasteiger partial charge on any atom is 0.247 e. The van der Waals surface area contributed by atoms with Crippen molar-refractivity contribution in [3.05, 3.63) is 53.5 Å². The minimum atomic E-state index is 0.304. The lowest BCUT2D eigenvalue weighted by atomic mass is 10.2. The third-order valence-electron chi connectivity index (χ3n) is 2.82. The summed E-state index contributed by atoms with van der Waals surface area (Å²) in [5.41, 5.74) is 3.43. The quantitative estimate of drug-likeness (QED) is 0.718. The Morgan fingerprint density at radius 1 is 1.00 bits per heavy atom. The molecule has 0 aliphatic rings. The first-order valence-corrected chi connectivity index (χ1v) is 6.13. The van der Waals surface area contributed by atoms with E-state index in [-0.39, 0.29) is 0 Å². The highest BCUT2D eigenvalue weighted by molar-refractivity contribution is 5.67. The van der Waals surface area contributed by atoms with E-state index in [1.165, 1.54) is 5.56 Å². The van der Waals surface area contributed by atoms with Crippen LogP contribution in [0.15, 0.2) is 40.8 Å². The Kier molecular flexibility index (Phi) is 2.91. The van der Waals surface area contributed by atoms with Crippen LogP contribution in [-0.4, -0.2) is 9.97 Å². The van der Waals surface area contributed by atoms with Crippen LogP contribution in [0.4, 0.5) is 0 Å². The second-order valence-electron chi connectivity index (χ2n) is 4.49. The molecule has 0 unspecified atom stereocenters. The minimum Gasteiger partial charge on any atom is -0.484 e. The average molecular weight is 254 g/mol. The number of benzene rings is 1. The second-order valence-corrected chi connectivity index (χ2v) is 4.49. The van der Waals surface area contributed by atoms with Crippen LogP contribution in [0.3, 0.4) is 0 Å². The lowest BCUT2D eigenvalue weighted by molar-refractivity contribution is 0.266. The summed E-state index contributed by atoms with van der Waals surface area (Å²) in [6.45, 7) is 4.27. The molecule has 4 heteroatoms. The first kappa shape index (κ1) is 11.7. The van der Waals surface area contributed by atoms with E-state index >= 15 is 0 Å². The number of hydrogen-bond acceptors (Lipinski definition) is 4. The van der Waals surface area contributed by atoms with Crippen LogP contribution in [0, 0.1) is 13.8 Å². The molecule has 0 fully saturated rings. The number of fused-ring (bicyclic) bond motifs is 1. The van der Waals surface area contributed by atoms with Crippen molar-refractivity contribution in [3.63, 3.8) is 0 Å². The van der Waals surface area contributed by atoms with Crippen LogP contribution >= 0.6 is 0 Å². The van der Waals surface area contributed by atoms with Gasteiger partial charge in [0.1, 0.15) is 11.3 Å². The molecule has 0 aliphatic carbocycles. The van der Waals surface area contributed by atoms with E-state index in [9.17, 15) is 0 Å². The molecule has 0 saturated carbocycles. The van der Waals surface area contributed by atoms with E-state index in [4.69, 9.17) is 9.15 Å². The van der Waals surface area contributed by atoms with E-state index in [0.29, 0.717) is 18.2 Å². The fourth-order valence-corrected chi connectivity index (χ4v) is 1.80. The molecule has 2 aromatic heterocycles. The zero-order valence-corrected chi connectivity index (χ0v) is 10.9. The molecule has 0 N–H and O–H groups in total. The maximum absolute atomic E-state index is 5.62. The van der Waals surface area contributed by atoms with Gasteiger partial charge in [-0.3, -0.25) is 0 Å². The van der Waals surface area contributed by atoms with Crippen LogP contribution < -0.4 is 4.74 Å². The van der Waals surface area contributed by atoms with Crippen LogP contribution in [0.5, 0.6) is 5.75 Å². The monoisotopic (exact) mass is 254 g/mol. The van der Waals surface area contributed by atoms with Gasteiger partial charge in [-0.2, -0.15) is 0 Å². The van der Waals surface area contributed by atoms with Crippen molar-refractivity contribution < 1.29 is 9.15 Å². The van der Waals surface area contributed by atoms with Crippen molar-refractivity contribution >= 4 is 11.2 Å². The third-order valence-corrected chi connectivity index (χ3v) is 2.82. The highest BCUT2D eigenvalue weighted by atomic mass is 16.5. The zero-order chi connectivity index (χ0) is 13.2. The molecule has 19 heavy (non-hydrogen) atoms. The molecular formula is C15H14N2O2. The van der Waals surface area contributed by atoms with Gasteiger partial charge in [0.25, 0.3) is 0 Å². The summed E-state index contributed by atoms with van der Waals surface area (Å²) in [5, 5.41) is 0. The number of hydrogen-bond donors (Lipinski definition) is 0. The summed E-state index contributed by atoms with van der Waals surface area (Å²) in [6, 6.07) is 11.7. The van der Waals surface area contributed by atoms with Crippen molar-refractivity contribution in [2.45, 2.75) is 20.5 Å². The van der Waals surface area contributed by atoms with Gasteiger partial charge in [-0.1, -0.05) is 17.7 Å². The van der Waals surface area contributed by atoms with Crippen molar-refractivity contribution in [3.8, 4) is 5.75 Å². The number of nitrogens with zero attached hydrogens (tertiary/aromatic N) is 2. The Morgan fingerprint density at radius 2 is 1.79 bits per heavy atom. The molecule has 0 atom stereocenters. The summed E-state index contributed by atoms with van der Waals surface area (Å²) < 4.78 is 11.2. The third kappa shape index (κ3) is 2.57. The van der Waals surface area contributed by atoms with Gasteiger partial charge >= 0.3 is 0 Å². The molecule has 3 rings (SSSR count). The molecular weight excluding hydrogens is 240 g/mol. The number of oxazole rings is 1. The number of rotatable bonds is 3. The Bertz CT molecular complexity index is 702. The lowest BCUT2D eigenvalue weighted by Crippen LogP contribution is -1.95. The van der Waals surface area contributed by atoms with Gasteiger partial charge in [0.2, 0.25) is 11.6 Å². The first-order valence-electron chi connectivity index (χ1n) is 6.13. The van der Waals surface area contributed by atoms with E-state index in [2.05, 4.69) is 9.97 Å². The Balaban J connectivity index is 1.76. The van der Waals surface area contributed by atoms with Gasteiger partial charge in [-0.05, 0) is 38.1 Å². The standard InChI is InChI=1S/C15H14N2O2/c1-10-3-6-12(7-4-10)18-9-14-17-13-8-5-11(2)16-15(13)19-14/h3-8H,9H2,1-2H3. The Morgan fingerprint density at radius 3 is 2.58 bits per heavy atom. The molecule has 0 amide bonds. The van der Waals surface area contributed by atoms with Gasteiger partial charge in [-0.25, -0.2) is 9.97 Å². The molecule has 0 aliphatic heterocycles. The first-order chi connectivity index (χ1) is 9.20. The molecule has 3 aromatic rings. The summed E-state index contributed by atoms with van der Waals surface area (Å²) in [6.07, 6.45) is 0. The summed E-state index contributed by atoms with van der Waals surface area (Å²) in [5.74, 6) is 1.34. The van der Waals surface area contributed by atoms with Gasteiger partial charge in [0.15, 0.2) is 6.61 Å². The van der Waals surface area contributed by atoms with Gasteiger partial charge in [-0.15, -0.1) is 0 Å². The van der Waals surface area contributed by atoms with E-state index in [0.717, 1.165) is 17.0 Å². The van der Waals surface area contributed by atoms with Gasteiger partial charge in [0, 0.05) is 5.69 Å². The molecule has 2 heterocycles. The minimum absolute atomic E-state index is 0.304. The maximum atomic E-state index is 5.62. The fourth-order valence-electron chi connectivity index (χ4n) is 1.80. The number of pyridine rings is 1. The van der Waals surface area contributed by atoms with Crippen molar-refractivity contribution in [1.82, 2.24) is 9.97 Å². The Labute approximate surface area is 111 Å². The Hall–Kier alpha value is -2.36. The normalized spacial score (nSPS) is 10.8. The molecule has 0 saturated heterocycles. The SMILES string of the molecule is Cc1ccc(OCc2nc3ccc(C)nc3o2)cc1. The summed E-state index contributed by atoms with van der Waals surface area (Å²) >= 11 is 0. The smallest absolute Gasteiger partial charge is 0.247 e.